The molecule has 0 aliphatic carbocycles. The van der Waals surface area contributed by atoms with Gasteiger partial charge in [0.25, 0.3) is 5.56 Å². The average molecular weight is 421 g/mol. The summed E-state index contributed by atoms with van der Waals surface area (Å²) in [5.41, 5.74) is 2.09. The molecule has 4 rings (SSSR count). The fraction of sp³-hybridized carbons (Fsp3) is 0.375. The summed E-state index contributed by atoms with van der Waals surface area (Å²) in [4.78, 5) is 36.3. The fourth-order valence-corrected chi connectivity index (χ4v) is 3.71. The van der Waals surface area contributed by atoms with Crippen LogP contribution in [0.15, 0.2) is 53.3 Å². The highest BCUT2D eigenvalue weighted by molar-refractivity contribution is 5.79. The lowest BCUT2D eigenvalue weighted by atomic mass is 10.1. The number of rotatable bonds is 3. The molecule has 0 radical (unpaired) electrons. The van der Waals surface area contributed by atoms with Crippen molar-refractivity contribution >= 4 is 17.0 Å². The minimum absolute atomic E-state index is 0.135. The quantitative estimate of drug-likeness (QED) is 0.700. The average Bonchev–Trinajstić information content (AvgIpc) is 2.73. The number of amides is 1. The molecule has 31 heavy (non-hydrogen) atoms. The number of aromatic amines is 1. The lowest BCUT2D eigenvalue weighted by molar-refractivity contribution is 0.0139. The number of carbonyl (C=O) groups excluding carboxylic acids is 1. The molecular weight excluding hydrogens is 392 g/mol. The van der Waals surface area contributed by atoms with Crippen molar-refractivity contribution in [2.45, 2.75) is 32.9 Å². The van der Waals surface area contributed by atoms with Gasteiger partial charge in [-0.05, 0) is 44.5 Å². The second-order valence-corrected chi connectivity index (χ2v) is 8.88. The first-order valence-corrected chi connectivity index (χ1v) is 10.6. The zero-order chi connectivity index (χ0) is 22.0. The number of carbonyl (C=O) groups is 1. The van der Waals surface area contributed by atoms with Crippen LogP contribution in [0.3, 0.4) is 0 Å². The van der Waals surface area contributed by atoms with Gasteiger partial charge in [-0.15, -0.1) is 0 Å². The van der Waals surface area contributed by atoms with Gasteiger partial charge in [-0.1, -0.05) is 30.3 Å². The minimum atomic E-state index is -0.480. The van der Waals surface area contributed by atoms with Crippen molar-refractivity contribution < 1.29 is 9.53 Å². The van der Waals surface area contributed by atoms with Crippen LogP contribution in [-0.4, -0.2) is 57.6 Å². The summed E-state index contributed by atoms with van der Waals surface area (Å²) in [5, 5.41) is 0.588. The number of para-hydroxylation sites is 1. The summed E-state index contributed by atoms with van der Waals surface area (Å²) in [6.07, 6.45) is -0.250. The monoisotopic (exact) mass is 420 g/mol. The molecule has 0 unspecified atom stereocenters. The van der Waals surface area contributed by atoms with Crippen LogP contribution in [0.4, 0.5) is 4.79 Å². The molecule has 1 N–H and O–H groups in total. The molecule has 2 heterocycles. The van der Waals surface area contributed by atoms with Gasteiger partial charge in [0.15, 0.2) is 0 Å². The third kappa shape index (κ3) is 5.11. The van der Waals surface area contributed by atoms with E-state index in [0.29, 0.717) is 29.8 Å². The number of aromatic nitrogens is 2. The summed E-state index contributed by atoms with van der Waals surface area (Å²) >= 11 is 0. The van der Waals surface area contributed by atoms with E-state index >= 15 is 0 Å². The molecule has 7 nitrogen and oxygen atoms in total. The fourth-order valence-electron chi connectivity index (χ4n) is 3.71. The van der Waals surface area contributed by atoms with E-state index in [4.69, 9.17) is 4.74 Å². The van der Waals surface area contributed by atoms with Gasteiger partial charge in [0, 0.05) is 38.3 Å². The number of benzene rings is 2. The standard InChI is InChI=1S/C24H28N4O3/c1-24(2,3)31-23(30)28-13-11-27(12-14-28)16-17-7-6-8-18(15-17)21-25-20-10-5-4-9-19(20)22(29)26-21/h4-10,15H,11-14,16H2,1-3H3,(H,25,26,29). The smallest absolute Gasteiger partial charge is 0.410 e. The van der Waals surface area contributed by atoms with Crippen LogP contribution in [0.25, 0.3) is 22.3 Å². The van der Waals surface area contributed by atoms with Crippen molar-refractivity contribution in [2.75, 3.05) is 26.2 Å². The maximum atomic E-state index is 12.4. The topological polar surface area (TPSA) is 78.5 Å². The van der Waals surface area contributed by atoms with Gasteiger partial charge >= 0.3 is 6.09 Å². The maximum absolute atomic E-state index is 12.4. The lowest BCUT2D eigenvalue weighted by Gasteiger charge is -2.35. The largest absolute Gasteiger partial charge is 0.444 e. The number of nitrogens with one attached hydrogen (secondary N) is 1. The van der Waals surface area contributed by atoms with Crippen LogP contribution in [0.5, 0.6) is 0 Å². The summed E-state index contributed by atoms with van der Waals surface area (Å²) in [6.45, 7) is 9.28. The van der Waals surface area contributed by atoms with Crippen molar-refractivity contribution in [3.63, 3.8) is 0 Å². The molecule has 2 aromatic carbocycles. The molecular formula is C24H28N4O3. The highest BCUT2D eigenvalue weighted by Crippen LogP contribution is 2.19. The second kappa shape index (κ2) is 8.51. The number of piperazine rings is 1. The first-order chi connectivity index (χ1) is 14.8. The Morgan fingerprint density at radius 3 is 2.55 bits per heavy atom. The van der Waals surface area contributed by atoms with Gasteiger partial charge in [-0.3, -0.25) is 9.69 Å². The van der Waals surface area contributed by atoms with Crippen molar-refractivity contribution in [1.82, 2.24) is 19.8 Å². The molecule has 3 aromatic rings. The number of fused-ring (bicyclic) bond motifs is 1. The van der Waals surface area contributed by atoms with Gasteiger partial charge in [-0.25, -0.2) is 9.78 Å². The van der Waals surface area contributed by atoms with Crippen molar-refractivity contribution in [3.8, 4) is 11.4 Å². The summed E-state index contributed by atoms with van der Waals surface area (Å²) in [6, 6.07) is 15.4. The molecule has 162 valence electrons. The van der Waals surface area contributed by atoms with Gasteiger partial charge in [0.2, 0.25) is 0 Å². The maximum Gasteiger partial charge on any atom is 0.410 e. The zero-order valence-electron chi connectivity index (χ0n) is 18.2. The Morgan fingerprint density at radius 2 is 1.81 bits per heavy atom. The predicted molar refractivity (Wildman–Crippen MR) is 121 cm³/mol. The Kier molecular flexibility index (Phi) is 5.78. The number of H-pyrrole nitrogens is 1. The first-order valence-electron chi connectivity index (χ1n) is 10.6. The Balaban J connectivity index is 1.43. The van der Waals surface area contributed by atoms with Crippen LogP contribution in [0, 0.1) is 0 Å². The minimum Gasteiger partial charge on any atom is -0.444 e. The van der Waals surface area contributed by atoms with Crippen molar-refractivity contribution in [1.29, 1.82) is 0 Å². The van der Waals surface area contributed by atoms with E-state index in [1.165, 1.54) is 0 Å². The molecule has 0 atom stereocenters. The molecule has 1 aliphatic heterocycles. The normalized spacial score (nSPS) is 15.3. The zero-order valence-corrected chi connectivity index (χ0v) is 18.2. The van der Waals surface area contributed by atoms with Crippen LogP contribution in [0.1, 0.15) is 26.3 Å². The van der Waals surface area contributed by atoms with E-state index in [2.05, 4.69) is 27.0 Å². The Bertz CT molecular complexity index is 1140. The molecule has 1 fully saturated rings. The molecule has 0 spiro atoms. The van der Waals surface area contributed by atoms with E-state index in [9.17, 15) is 9.59 Å². The first kappa shape index (κ1) is 21.1. The van der Waals surface area contributed by atoms with Crippen molar-refractivity contribution in [3.05, 3.63) is 64.4 Å². The van der Waals surface area contributed by atoms with E-state index < -0.39 is 5.60 Å². The second-order valence-electron chi connectivity index (χ2n) is 8.88. The molecule has 1 amide bonds. The molecule has 0 bridgehead atoms. The van der Waals surface area contributed by atoms with Gasteiger partial charge < -0.3 is 14.6 Å². The Morgan fingerprint density at radius 1 is 1.06 bits per heavy atom. The van der Waals surface area contributed by atoms with Crippen LogP contribution >= 0.6 is 0 Å². The van der Waals surface area contributed by atoms with E-state index in [1.807, 2.05) is 51.1 Å². The molecule has 0 saturated carbocycles. The number of ether oxygens (including phenoxy) is 1. The number of nitrogens with zero attached hydrogens (tertiary/aromatic N) is 3. The van der Waals surface area contributed by atoms with Gasteiger partial charge in [0.1, 0.15) is 11.4 Å². The van der Waals surface area contributed by atoms with Gasteiger partial charge in [-0.2, -0.15) is 0 Å². The summed E-state index contributed by atoms with van der Waals surface area (Å²) in [5.74, 6) is 0.570. The predicted octanol–water partition coefficient (Wildman–Crippen LogP) is 3.64. The number of hydrogen-bond donors (Lipinski definition) is 1. The lowest BCUT2D eigenvalue weighted by Crippen LogP contribution is -2.49. The highest BCUT2D eigenvalue weighted by Gasteiger charge is 2.25. The number of hydrogen-bond acceptors (Lipinski definition) is 5. The van der Waals surface area contributed by atoms with E-state index in [0.717, 1.165) is 30.8 Å². The summed E-state index contributed by atoms with van der Waals surface area (Å²) < 4.78 is 5.47. The molecule has 1 aliphatic rings. The van der Waals surface area contributed by atoms with E-state index in [1.54, 1.807) is 11.0 Å². The van der Waals surface area contributed by atoms with Crippen LogP contribution in [-0.2, 0) is 11.3 Å². The van der Waals surface area contributed by atoms with Crippen LogP contribution in [0.2, 0.25) is 0 Å². The van der Waals surface area contributed by atoms with Crippen molar-refractivity contribution in [2.24, 2.45) is 0 Å². The van der Waals surface area contributed by atoms with Crippen LogP contribution < -0.4 is 5.56 Å². The Labute approximate surface area is 181 Å². The summed E-state index contributed by atoms with van der Waals surface area (Å²) in [7, 11) is 0. The van der Waals surface area contributed by atoms with E-state index in [-0.39, 0.29) is 11.7 Å². The molecule has 7 heteroatoms. The Hall–Kier alpha value is -3.19. The molecule has 1 aromatic heterocycles. The SMILES string of the molecule is CC(C)(C)OC(=O)N1CCN(Cc2cccc(-c3nc4ccccc4c(=O)[nH]3)c2)CC1. The van der Waals surface area contributed by atoms with Gasteiger partial charge in [0.05, 0.1) is 10.9 Å². The highest BCUT2D eigenvalue weighted by atomic mass is 16.6. The third-order valence-electron chi connectivity index (χ3n) is 5.24. The third-order valence-corrected chi connectivity index (χ3v) is 5.24. The molecule has 1 saturated heterocycles.